The van der Waals surface area contributed by atoms with Gasteiger partial charge in [0.15, 0.2) is 6.17 Å². The van der Waals surface area contributed by atoms with Crippen LogP contribution in [0.4, 0.5) is 4.39 Å². The molecule has 0 amide bonds. The van der Waals surface area contributed by atoms with E-state index in [1.807, 2.05) is 6.92 Å². The molecule has 1 rings (SSSR count). The standard InChI is InChI=1S/C10H17FO3/c1-2-3-8-6-7(4-5-14-8)9(11)10(12)13/h7-9H,2-6H2,1H3,(H,12,13). The van der Waals surface area contributed by atoms with E-state index < -0.39 is 12.1 Å². The van der Waals surface area contributed by atoms with Gasteiger partial charge in [-0.1, -0.05) is 13.3 Å². The summed E-state index contributed by atoms with van der Waals surface area (Å²) in [5, 5.41) is 8.53. The van der Waals surface area contributed by atoms with Crippen molar-refractivity contribution in [3.05, 3.63) is 0 Å². The van der Waals surface area contributed by atoms with E-state index in [1.165, 1.54) is 0 Å². The first kappa shape index (κ1) is 11.4. The molecule has 1 heterocycles. The van der Waals surface area contributed by atoms with Gasteiger partial charge in [0.05, 0.1) is 6.10 Å². The third kappa shape index (κ3) is 2.94. The molecule has 1 N–H and O–H groups in total. The van der Waals surface area contributed by atoms with E-state index in [4.69, 9.17) is 9.84 Å². The smallest absolute Gasteiger partial charge is 0.338 e. The SMILES string of the molecule is CCCC1CC(C(F)C(=O)O)CCO1. The number of alkyl halides is 1. The van der Waals surface area contributed by atoms with E-state index >= 15 is 0 Å². The van der Waals surface area contributed by atoms with Crippen molar-refractivity contribution in [2.75, 3.05) is 6.61 Å². The highest BCUT2D eigenvalue weighted by atomic mass is 19.1. The summed E-state index contributed by atoms with van der Waals surface area (Å²) in [7, 11) is 0. The molecule has 1 saturated heterocycles. The fraction of sp³-hybridized carbons (Fsp3) is 0.900. The van der Waals surface area contributed by atoms with E-state index in [0.29, 0.717) is 19.4 Å². The van der Waals surface area contributed by atoms with Gasteiger partial charge in [0.2, 0.25) is 0 Å². The lowest BCUT2D eigenvalue weighted by Gasteiger charge is -2.29. The number of carboxylic acids is 1. The summed E-state index contributed by atoms with van der Waals surface area (Å²) in [6, 6.07) is 0. The maximum Gasteiger partial charge on any atom is 0.338 e. The summed E-state index contributed by atoms with van der Waals surface area (Å²) in [6.07, 6.45) is 1.27. The second-order valence-corrected chi connectivity index (χ2v) is 3.81. The van der Waals surface area contributed by atoms with Gasteiger partial charge in [0, 0.05) is 12.5 Å². The van der Waals surface area contributed by atoms with Gasteiger partial charge in [0.1, 0.15) is 0 Å². The first-order valence-electron chi connectivity index (χ1n) is 5.13. The van der Waals surface area contributed by atoms with Gasteiger partial charge < -0.3 is 9.84 Å². The first-order chi connectivity index (χ1) is 6.65. The van der Waals surface area contributed by atoms with Crippen LogP contribution in [-0.4, -0.2) is 30.0 Å². The third-order valence-electron chi connectivity index (χ3n) is 2.67. The molecule has 1 aliphatic rings. The van der Waals surface area contributed by atoms with Crippen molar-refractivity contribution in [3.63, 3.8) is 0 Å². The molecule has 0 bridgehead atoms. The summed E-state index contributed by atoms with van der Waals surface area (Å²) in [6.45, 7) is 2.53. The van der Waals surface area contributed by atoms with Crippen LogP contribution in [0.15, 0.2) is 0 Å². The minimum atomic E-state index is -1.72. The Morgan fingerprint density at radius 1 is 1.71 bits per heavy atom. The van der Waals surface area contributed by atoms with Crippen LogP contribution in [0, 0.1) is 5.92 Å². The Bertz CT molecular complexity index is 194. The number of halogens is 1. The normalized spacial score (nSPS) is 29.9. The van der Waals surface area contributed by atoms with Crippen LogP contribution in [0.3, 0.4) is 0 Å². The number of hydrogen-bond acceptors (Lipinski definition) is 2. The summed E-state index contributed by atoms with van der Waals surface area (Å²) < 4.78 is 18.6. The van der Waals surface area contributed by atoms with Crippen LogP contribution in [0.5, 0.6) is 0 Å². The summed E-state index contributed by atoms with van der Waals surface area (Å²) in [4.78, 5) is 10.4. The molecule has 82 valence electrons. The average molecular weight is 204 g/mol. The van der Waals surface area contributed by atoms with Gasteiger partial charge in [-0.15, -0.1) is 0 Å². The monoisotopic (exact) mass is 204 g/mol. The van der Waals surface area contributed by atoms with Gasteiger partial charge in [-0.2, -0.15) is 0 Å². The molecule has 0 spiro atoms. The zero-order chi connectivity index (χ0) is 10.6. The Kier molecular flexibility index (Phi) is 4.32. The lowest BCUT2D eigenvalue weighted by molar-refractivity contribution is -0.147. The van der Waals surface area contributed by atoms with Crippen molar-refractivity contribution in [1.29, 1.82) is 0 Å². The lowest BCUT2D eigenvalue weighted by Crippen LogP contribution is -2.34. The molecule has 1 aliphatic heterocycles. The van der Waals surface area contributed by atoms with Crippen LogP contribution in [-0.2, 0) is 9.53 Å². The second-order valence-electron chi connectivity index (χ2n) is 3.81. The van der Waals surface area contributed by atoms with Crippen molar-refractivity contribution < 1.29 is 19.0 Å². The van der Waals surface area contributed by atoms with E-state index in [1.54, 1.807) is 0 Å². The predicted molar refractivity (Wildman–Crippen MR) is 49.9 cm³/mol. The fourth-order valence-corrected chi connectivity index (χ4v) is 1.90. The maximum absolute atomic E-state index is 13.2. The number of ether oxygens (including phenoxy) is 1. The molecule has 0 radical (unpaired) electrons. The van der Waals surface area contributed by atoms with Crippen LogP contribution in [0.25, 0.3) is 0 Å². The van der Waals surface area contributed by atoms with Gasteiger partial charge in [-0.3, -0.25) is 0 Å². The molecule has 4 heteroatoms. The summed E-state index contributed by atoms with van der Waals surface area (Å²) in [5.74, 6) is -1.70. The van der Waals surface area contributed by atoms with E-state index in [0.717, 1.165) is 12.8 Å². The molecule has 0 aromatic carbocycles. The van der Waals surface area contributed by atoms with Gasteiger partial charge in [-0.05, 0) is 19.3 Å². The van der Waals surface area contributed by atoms with Gasteiger partial charge in [0.25, 0.3) is 0 Å². The summed E-state index contributed by atoms with van der Waals surface area (Å²) in [5.41, 5.74) is 0. The largest absolute Gasteiger partial charge is 0.479 e. The molecule has 0 aromatic heterocycles. The second kappa shape index (κ2) is 5.29. The Hall–Kier alpha value is -0.640. The van der Waals surface area contributed by atoms with Crippen LogP contribution in [0.1, 0.15) is 32.6 Å². The highest BCUT2D eigenvalue weighted by Crippen LogP contribution is 2.27. The highest BCUT2D eigenvalue weighted by Gasteiger charge is 2.32. The van der Waals surface area contributed by atoms with E-state index in [-0.39, 0.29) is 12.0 Å². The molecule has 3 nitrogen and oxygen atoms in total. The number of hydrogen-bond donors (Lipinski definition) is 1. The van der Waals surface area contributed by atoms with E-state index in [2.05, 4.69) is 0 Å². The van der Waals surface area contributed by atoms with Crippen molar-refractivity contribution in [3.8, 4) is 0 Å². The fourth-order valence-electron chi connectivity index (χ4n) is 1.90. The molecule has 14 heavy (non-hydrogen) atoms. The van der Waals surface area contributed by atoms with Crippen molar-refractivity contribution in [1.82, 2.24) is 0 Å². The Labute approximate surface area is 83.3 Å². The third-order valence-corrected chi connectivity index (χ3v) is 2.67. The molecule has 0 aromatic rings. The quantitative estimate of drug-likeness (QED) is 0.761. The van der Waals surface area contributed by atoms with Gasteiger partial charge in [-0.25, -0.2) is 9.18 Å². The summed E-state index contributed by atoms with van der Waals surface area (Å²) >= 11 is 0. The van der Waals surface area contributed by atoms with Crippen LogP contribution < -0.4 is 0 Å². The number of rotatable bonds is 4. The van der Waals surface area contributed by atoms with Crippen molar-refractivity contribution in [2.45, 2.75) is 44.9 Å². The Balaban J connectivity index is 2.43. The Morgan fingerprint density at radius 3 is 3.00 bits per heavy atom. The molecular weight excluding hydrogens is 187 g/mol. The molecule has 3 atom stereocenters. The lowest BCUT2D eigenvalue weighted by atomic mass is 9.89. The number of carboxylic acid groups (broad SMARTS) is 1. The molecule has 3 unspecified atom stereocenters. The zero-order valence-electron chi connectivity index (χ0n) is 8.41. The minimum absolute atomic E-state index is 0.0522. The minimum Gasteiger partial charge on any atom is -0.479 e. The Morgan fingerprint density at radius 2 is 2.43 bits per heavy atom. The number of carbonyl (C=O) groups is 1. The highest BCUT2D eigenvalue weighted by molar-refractivity contribution is 5.72. The molecule has 0 aliphatic carbocycles. The van der Waals surface area contributed by atoms with Crippen LogP contribution in [0.2, 0.25) is 0 Å². The molecular formula is C10H17FO3. The van der Waals surface area contributed by atoms with Crippen LogP contribution >= 0.6 is 0 Å². The van der Waals surface area contributed by atoms with Crippen molar-refractivity contribution >= 4 is 5.97 Å². The average Bonchev–Trinajstić information content (AvgIpc) is 2.17. The molecule has 0 saturated carbocycles. The van der Waals surface area contributed by atoms with Gasteiger partial charge >= 0.3 is 5.97 Å². The maximum atomic E-state index is 13.2. The first-order valence-corrected chi connectivity index (χ1v) is 5.13. The number of aliphatic carboxylic acids is 1. The van der Waals surface area contributed by atoms with E-state index in [9.17, 15) is 9.18 Å². The molecule has 1 fully saturated rings. The van der Waals surface area contributed by atoms with Crippen molar-refractivity contribution in [2.24, 2.45) is 5.92 Å². The topological polar surface area (TPSA) is 46.5 Å². The predicted octanol–water partition coefficient (Wildman–Crippen LogP) is 2.00. The zero-order valence-corrected chi connectivity index (χ0v) is 8.41.